The number of aryl methyl sites for hydroxylation is 2. The normalized spacial score (nSPS) is 10.8. The van der Waals surface area contributed by atoms with Crippen molar-refractivity contribution < 1.29 is 13.6 Å². The Morgan fingerprint density at radius 3 is 2.44 bits per heavy atom. The van der Waals surface area contributed by atoms with Crippen LogP contribution in [0.5, 0.6) is 0 Å². The predicted octanol–water partition coefficient (Wildman–Crippen LogP) is 5.09. The summed E-state index contributed by atoms with van der Waals surface area (Å²) < 4.78 is 19.1. The molecule has 32 heavy (non-hydrogen) atoms. The number of rotatable bonds is 6. The van der Waals surface area contributed by atoms with Gasteiger partial charge in [0, 0.05) is 41.4 Å². The number of hydrogen-bond acceptors (Lipinski definition) is 4. The summed E-state index contributed by atoms with van der Waals surface area (Å²) in [5.41, 5.74) is 4.79. The molecule has 2 N–H and O–H groups in total. The van der Waals surface area contributed by atoms with Crippen molar-refractivity contribution in [2.24, 2.45) is 0 Å². The van der Waals surface area contributed by atoms with Crippen LogP contribution in [-0.4, -0.2) is 5.91 Å². The number of carbonyl (C=O) groups excluding carboxylic acids is 1. The maximum atomic E-state index is 13.7. The average Bonchev–Trinajstić information content (AvgIpc) is 2.80. The van der Waals surface area contributed by atoms with Crippen molar-refractivity contribution in [1.29, 1.82) is 0 Å². The number of nitrogens with one attached hydrogen (secondary N) is 2. The lowest BCUT2D eigenvalue weighted by Crippen LogP contribution is -2.23. The van der Waals surface area contributed by atoms with Gasteiger partial charge in [0.2, 0.25) is 0 Å². The number of fused-ring (bicyclic) bond motifs is 1. The summed E-state index contributed by atoms with van der Waals surface area (Å²) >= 11 is 0. The zero-order valence-electron chi connectivity index (χ0n) is 17.9. The van der Waals surface area contributed by atoms with Crippen LogP contribution >= 0.6 is 0 Å². The van der Waals surface area contributed by atoms with Crippen molar-refractivity contribution in [3.8, 4) is 0 Å². The van der Waals surface area contributed by atoms with Gasteiger partial charge >= 0.3 is 5.63 Å². The third kappa shape index (κ3) is 4.54. The highest BCUT2D eigenvalue weighted by Crippen LogP contribution is 2.24. The molecular formula is C26H23FN2O3. The molecule has 1 heterocycles. The van der Waals surface area contributed by atoms with Gasteiger partial charge in [-0.1, -0.05) is 30.3 Å². The number of anilines is 1. The van der Waals surface area contributed by atoms with Crippen molar-refractivity contribution in [3.63, 3.8) is 0 Å². The van der Waals surface area contributed by atoms with E-state index >= 15 is 0 Å². The van der Waals surface area contributed by atoms with Crippen LogP contribution in [-0.2, 0) is 13.1 Å². The zero-order chi connectivity index (χ0) is 22.7. The molecule has 1 aromatic heterocycles. The van der Waals surface area contributed by atoms with Gasteiger partial charge in [-0.2, -0.15) is 0 Å². The molecule has 1 amide bonds. The van der Waals surface area contributed by atoms with Crippen molar-refractivity contribution in [2.45, 2.75) is 26.9 Å². The highest BCUT2D eigenvalue weighted by Gasteiger charge is 2.10. The number of carbonyl (C=O) groups is 1. The Hall–Kier alpha value is -3.93. The standard InChI is InChI=1S/C26H23FN2O3/c1-16-7-12-22-20(13-24(30)32-25(22)17(16)2)15-28-21-10-8-18(9-11-21)26(31)29-14-19-5-3-4-6-23(19)27/h3-13,28H,14-15H2,1-2H3,(H,29,31). The minimum atomic E-state index is -0.384. The van der Waals surface area contributed by atoms with Gasteiger partial charge in [-0.3, -0.25) is 4.79 Å². The first-order valence-corrected chi connectivity index (χ1v) is 10.3. The summed E-state index contributed by atoms with van der Waals surface area (Å²) in [4.78, 5) is 24.4. The minimum Gasteiger partial charge on any atom is -0.422 e. The molecule has 0 unspecified atom stereocenters. The Labute approximate surface area is 184 Å². The largest absolute Gasteiger partial charge is 0.422 e. The summed E-state index contributed by atoms with van der Waals surface area (Å²) in [5.74, 6) is -0.627. The van der Waals surface area contributed by atoms with Crippen molar-refractivity contribution in [2.75, 3.05) is 5.32 Å². The van der Waals surface area contributed by atoms with Crippen LogP contribution < -0.4 is 16.3 Å². The molecule has 0 saturated heterocycles. The van der Waals surface area contributed by atoms with Gasteiger partial charge in [-0.05, 0) is 60.9 Å². The van der Waals surface area contributed by atoms with E-state index in [2.05, 4.69) is 10.6 Å². The molecule has 0 fully saturated rings. The van der Waals surface area contributed by atoms with E-state index in [-0.39, 0.29) is 23.9 Å². The van der Waals surface area contributed by atoms with Crippen molar-refractivity contribution in [1.82, 2.24) is 5.32 Å². The fraction of sp³-hybridized carbons (Fsp3) is 0.154. The highest BCUT2D eigenvalue weighted by atomic mass is 19.1. The van der Waals surface area contributed by atoms with Gasteiger partial charge < -0.3 is 15.1 Å². The summed E-state index contributed by atoms with van der Waals surface area (Å²) in [7, 11) is 0. The predicted molar refractivity (Wildman–Crippen MR) is 123 cm³/mol. The summed E-state index contributed by atoms with van der Waals surface area (Å²) in [5, 5.41) is 6.90. The summed E-state index contributed by atoms with van der Waals surface area (Å²) in [6.07, 6.45) is 0. The van der Waals surface area contributed by atoms with Crippen LogP contribution in [0.15, 0.2) is 75.9 Å². The third-order valence-electron chi connectivity index (χ3n) is 5.54. The van der Waals surface area contributed by atoms with E-state index in [1.54, 1.807) is 42.5 Å². The zero-order valence-corrected chi connectivity index (χ0v) is 17.9. The highest BCUT2D eigenvalue weighted by molar-refractivity contribution is 5.94. The Balaban J connectivity index is 1.43. The summed E-state index contributed by atoms with van der Waals surface area (Å²) in [6.45, 7) is 4.47. The van der Waals surface area contributed by atoms with E-state index in [1.165, 1.54) is 12.1 Å². The fourth-order valence-electron chi connectivity index (χ4n) is 3.53. The van der Waals surface area contributed by atoms with Crippen LogP contribution in [0, 0.1) is 19.7 Å². The first kappa shape index (κ1) is 21.3. The Morgan fingerprint density at radius 2 is 1.69 bits per heavy atom. The van der Waals surface area contributed by atoms with Crippen LogP contribution in [0.4, 0.5) is 10.1 Å². The molecule has 0 saturated carbocycles. The van der Waals surface area contributed by atoms with Gasteiger partial charge in [0.1, 0.15) is 11.4 Å². The average molecular weight is 430 g/mol. The van der Waals surface area contributed by atoms with E-state index < -0.39 is 0 Å². The second-order valence-electron chi connectivity index (χ2n) is 7.68. The molecule has 0 spiro atoms. The Kier molecular flexibility index (Phi) is 6.03. The Bertz CT molecular complexity index is 1340. The number of benzene rings is 3. The smallest absolute Gasteiger partial charge is 0.336 e. The van der Waals surface area contributed by atoms with Gasteiger partial charge in [0.25, 0.3) is 5.91 Å². The first-order valence-electron chi connectivity index (χ1n) is 10.3. The van der Waals surface area contributed by atoms with Crippen LogP contribution in [0.25, 0.3) is 11.0 Å². The molecule has 0 bridgehead atoms. The van der Waals surface area contributed by atoms with Crippen LogP contribution in [0.2, 0.25) is 0 Å². The lowest BCUT2D eigenvalue weighted by molar-refractivity contribution is 0.0950. The Morgan fingerprint density at radius 1 is 0.938 bits per heavy atom. The van der Waals surface area contributed by atoms with Gasteiger partial charge in [0.05, 0.1) is 0 Å². The van der Waals surface area contributed by atoms with Crippen LogP contribution in [0.3, 0.4) is 0 Å². The van der Waals surface area contributed by atoms with E-state index in [4.69, 9.17) is 4.42 Å². The van der Waals surface area contributed by atoms with E-state index in [0.29, 0.717) is 23.3 Å². The van der Waals surface area contributed by atoms with Gasteiger partial charge in [0.15, 0.2) is 0 Å². The van der Waals surface area contributed by atoms with E-state index in [9.17, 15) is 14.0 Å². The molecule has 0 radical (unpaired) electrons. The quantitative estimate of drug-likeness (QED) is 0.418. The molecule has 5 nitrogen and oxygen atoms in total. The molecule has 0 aliphatic heterocycles. The van der Waals surface area contributed by atoms with Crippen LogP contribution in [0.1, 0.15) is 32.6 Å². The minimum absolute atomic E-state index is 0.119. The second kappa shape index (κ2) is 9.06. The molecule has 0 aliphatic carbocycles. The van der Waals surface area contributed by atoms with Crippen molar-refractivity contribution in [3.05, 3.63) is 111 Å². The monoisotopic (exact) mass is 430 g/mol. The van der Waals surface area contributed by atoms with E-state index in [0.717, 1.165) is 27.8 Å². The molecule has 4 aromatic rings. The summed E-state index contributed by atoms with van der Waals surface area (Å²) in [6, 6.07) is 18.8. The molecule has 6 heteroatoms. The molecular weight excluding hydrogens is 407 g/mol. The topological polar surface area (TPSA) is 71.3 Å². The number of amides is 1. The molecule has 4 rings (SSSR count). The third-order valence-corrected chi connectivity index (χ3v) is 5.54. The number of halogens is 1. The maximum absolute atomic E-state index is 13.7. The lowest BCUT2D eigenvalue weighted by Gasteiger charge is -2.11. The lowest BCUT2D eigenvalue weighted by atomic mass is 10.0. The fourth-order valence-corrected chi connectivity index (χ4v) is 3.53. The molecule has 162 valence electrons. The first-order chi connectivity index (χ1) is 15.4. The maximum Gasteiger partial charge on any atom is 0.336 e. The van der Waals surface area contributed by atoms with E-state index in [1.807, 2.05) is 26.0 Å². The van der Waals surface area contributed by atoms with Gasteiger partial charge in [-0.25, -0.2) is 9.18 Å². The molecule has 0 aliphatic rings. The molecule has 3 aromatic carbocycles. The SMILES string of the molecule is Cc1ccc2c(CNc3ccc(C(=O)NCc4ccccc4F)cc3)cc(=O)oc2c1C. The number of hydrogen-bond donors (Lipinski definition) is 2. The van der Waals surface area contributed by atoms with Crippen molar-refractivity contribution >= 4 is 22.6 Å². The molecule has 0 atom stereocenters. The van der Waals surface area contributed by atoms with Gasteiger partial charge in [-0.15, -0.1) is 0 Å². The second-order valence-corrected chi connectivity index (χ2v) is 7.68.